The van der Waals surface area contributed by atoms with Crippen LogP contribution in [0.3, 0.4) is 0 Å². The van der Waals surface area contributed by atoms with Crippen molar-refractivity contribution < 1.29 is 14.7 Å². The van der Waals surface area contributed by atoms with Gasteiger partial charge in [0, 0.05) is 11.0 Å². The van der Waals surface area contributed by atoms with Crippen LogP contribution in [0.25, 0.3) is 0 Å². The first-order valence-corrected chi connectivity index (χ1v) is 7.71. The smallest absolute Gasteiger partial charge is 0.335 e. The Kier molecular flexibility index (Phi) is 4.56. The lowest BCUT2D eigenvalue weighted by molar-refractivity contribution is 0.0697. The maximum atomic E-state index is 12.0. The molecule has 1 aromatic carbocycles. The van der Waals surface area contributed by atoms with Crippen LogP contribution in [0.4, 0.5) is 10.5 Å². The first-order valence-electron chi connectivity index (χ1n) is 6.92. The zero-order chi connectivity index (χ0) is 15.6. The van der Waals surface area contributed by atoms with Crippen molar-refractivity contribution >= 4 is 33.6 Å². The second kappa shape index (κ2) is 6.05. The molecule has 0 unspecified atom stereocenters. The van der Waals surface area contributed by atoms with Gasteiger partial charge in [0.15, 0.2) is 0 Å². The Bertz CT molecular complexity index is 568. The second-order valence-corrected chi connectivity index (χ2v) is 6.68. The van der Waals surface area contributed by atoms with Gasteiger partial charge < -0.3 is 15.7 Å². The number of aromatic carboxylic acids is 1. The van der Waals surface area contributed by atoms with Crippen LogP contribution in [0, 0.1) is 11.3 Å². The normalized spacial score (nSPS) is 15.6. The SMILES string of the molecule is CC(C)C1(CNC(=O)Nc2cc(C(=O)O)ccc2Br)CC1. The highest BCUT2D eigenvalue weighted by molar-refractivity contribution is 9.10. The summed E-state index contributed by atoms with van der Waals surface area (Å²) in [5, 5.41) is 14.5. The van der Waals surface area contributed by atoms with Gasteiger partial charge in [-0.25, -0.2) is 9.59 Å². The topological polar surface area (TPSA) is 78.4 Å². The molecule has 0 aliphatic heterocycles. The van der Waals surface area contributed by atoms with Crippen molar-refractivity contribution in [3.8, 4) is 0 Å². The molecule has 1 saturated carbocycles. The lowest BCUT2D eigenvalue weighted by atomic mass is 9.92. The fourth-order valence-electron chi connectivity index (χ4n) is 2.30. The van der Waals surface area contributed by atoms with Crippen molar-refractivity contribution in [3.05, 3.63) is 28.2 Å². The van der Waals surface area contributed by atoms with E-state index < -0.39 is 5.97 Å². The molecule has 21 heavy (non-hydrogen) atoms. The first kappa shape index (κ1) is 15.8. The van der Waals surface area contributed by atoms with Crippen molar-refractivity contribution in [2.24, 2.45) is 11.3 Å². The number of halogens is 1. The summed E-state index contributed by atoms with van der Waals surface area (Å²) in [5.74, 6) is -0.484. The highest BCUT2D eigenvalue weighted by Gasteiger charge is 2.45. The molecule has 114 valence electrons. The molecule has 0 bridgehead atoms. The average molecular weight is 355 g/mol. The number of carboxylic acids is 1. The maximum Gasteiger partial charge on any atom is 0.335 e. The number of benzene rings is 1. The number of hydrogen-bond acceptors (Lipinski definition) is 2. The molecule has 0 atom stereocenters. The number of anilines is 1. The Hall–Kier alpha value is -1.56. The van der Waals surface area contributed by atoms with Crippen LogP contribution >= 0.6 is 15.9 Å². The summed E-state index contributed by atoms with van der Waals surface area (Å²) in [4.78, 5) is 22.9. The largest absolute Gasteiger partial charge is 0.478 e. The molecule has 1 aromatic rings. The molecule has 3 N–H and O–H groups in total. The molecule has 0 spiro atoms. The van der Waals surface area contributed by atoms with Gasteiger partial charge in [-0.05, 0) is 58.3 Å². The minimum atomic E-state index is -1.03. The fourth-order valence-corrected chi connectivity index (χ4v) is 2.64. The van der Waals surface area contributed by atoms with E-state index in [1.807, 2.05) is 0 Å². The van der Waals surface area contributed by atoms with Crippen molar-refractivity contribution in [1.82, 2.24) is 5.32 Å². The molecule has 1 aliphatic carbocycles. The van der Waals surface area contributed by atoms with Gasteiger partial charge in [-0.3, -0.25) is 0 Å². The Balaban J connectivity index is 1.96. The van der Waals surface area contributed by atoms with E-state index in [1.54, 1.807) is 6.07 Å². The zero-order valence-electron chi connectivity index (χ0n) is 12.1. The quantitative estimate of drug-likeness (QED) is 0.754. The maximum absolute atomic E-state index is 12.0. The minimum absolute atomic E-state index is 0.134. The summed E-state index contributed by atoms with van der Waals surface area (Å²) in [6.45, 7) is 4.98. The van der Waals surface area contributed by atoms with Gasteiger partial charge in [0.1, 0.15) is 0 Å². The molecule has 5 nitrogen and oxygen atoms in total. The third-order valence-electron chi connectivity index (χ3n) is 4.18. The van der Waals surface area contributed by atoms with E-state index in [-0.39, 0.29) is 17.0 Å². The minimum Gasteiger partial charge on any atom is -0.478 e. The number of rotatable bonds is 5. The zero-order valence-corrected chi connectivity index (χ0v) is 13.7. The van der Waals surface area contributed by atoms with Gasteiger partial charge in [-0.1, -0.05) is 13.8 Å². The van der Waals surface area contributed by atoms with Crippen LogP contribution in [0.2, 0.25) is 0 Å². The fraction of sp³-hybridized carbons (Fsp3) is 0.467. The summed E-state index contributed by atoms with van der Waals surface area (Å²) in [6.07, 6.45) is 2.28. The van der Waals surface area contributed by atoms with Gasteiger partial charge >= 0.3 is 12.0 Å². The highest BCUT2D eigenvalue weighted by atomic mass is 79.9. The third-order valence-corrected chi connectivity index (χ3v) is 4.87. The molecule has 6 heteroatoms. The highest BCUT2D eigenvalue weighted by Crippen LogP contribution is 2.51. The standard InChI is InChI=1S/C15H19BrN2O3/c1-9(2)15(5-6-15)8-17-14(21)18-12-7-10(13(19)20)3-4-11(12)16/h3-4,7,9H,5-6,8H2,1-2H3,(H,19,20)(H2,17,18,21). The van der Waals surface area contributed by atoms with E-state index in [0.717, 1.165) is 12.8 Å². The Morgan fingerprint density at radius 3 is 2.57 bits per heavy atom. The summed E-state index contributed by atoms with van der Waals surface area (Å²) >= 11 is 3.30. The molecule has 0 radical (unpaired) electrons. The molecule has 2 rings (SSSR count). The number of carbonyl (C=O) groups excluding carboxylic acids is 1. The lowest BCUT2D eigenvalue weighted by Gasteiger charge is -2.20. The van der Waals surface area contributed by atoms with E-state index in [0.29, 0.717) is 22.6 Å². The number of carbonyl (C=O) groups is 2. The van der Waals surface area contributed by atoms with E-state index >= 15 is 0 Å². The lowest BCUT2D eigenvalue weighted by Crippen LogP contribution is -2.35. The molecule has 0 aromatic heterocycles. The molecule has 0 saturated heterocycles. The van der Waals surface area contributed by atoms with E-state index in [2.05, 4.69) is 40.4 Å². The Labute approximate surface area is 132 Å². The summed E-state index contributed by atoms with van der Waals surface area (Å²) in [6, 6.07) is 4.20. The predicted octanol–water partition coefficient (Wildman–Crippen LogP) is 3.71. The van der Waals surface area contributed by atoms with Gasteiger partial charge in [-0.2, -0.15) is 0 Å². The molecule has 1 fully saturated rings. The van der Waals surface area contributed by atoms with Crippen LogP contribution < -0.4 is 10.6 Å². The third kappa shape index (κ3) is 3.75. The molecule has 2 amide bonds. The summed E-state index contributed by atoms with van der Waals surface area (Å²) in [5.41, 5.74) is 0.813. The van der Waals surface area contributed by atoms with Crippen molar-refractivity contribution in [1.29, 1.82) is 0 Å². The number of nitrogens with one attached hydrogen (secondary N) is 2. The van der Waals surface area contributed by atoms with Crippen LogP contribution in [0.5, 0.6) is 0 Å². The molecular weight excluding hydrogens is 336 g/mol. The Morgan fingerprint density at radius 2 is 2.05 bits per heavy atom. The number of hydrogen-bond donors (Lipinski definition) is 3. The van der Waals surface area contributed by atoms with E-state index in [9.17, 15) is 9.59 Å². The van der Waals surface area contributed by atoms with Crippen LogP contribution in [-0.2, 0) is 0 Å². The second-order valence-electron chi connectivity index (χ2n) is 5.82. The number of carboxylic acid groups (broad SMARTS) is 1. The van der Waals surface area contributed by atoms with E-state index in [4.69, 9.17) is 5.11 Å². The van der Waals surface area contributed by atoms with Gasteiger partial charge in [-0.15, -0.1) is 0 Å². The summed E-state index contributed by atoms with van der Waals surface area (Å²) in [7, 11) is 0. The van der Waals surface area contributed by atoms with Crippen LogP contribution in [-0.4, -0.2) is 23.7 Å². The molecule has 0 heterocycles. The van der Waals surface area contributed by atoms with Crippen LogP contribution in [0.15, 0.2) is 22.7 Å². The molecular formula is C15H19BrN2O3. The monoisotopic (exact) mass is 354 g/mol. The van der Waals surface area contributed by atoms with Gasteiger partial charge in [0.05, 0.1) is 11.3 Å². The first-order chi connectivity index (χ1) is 9.84. The van der Waals surface area contributed by atoms with Crippen molar-refractivity contribution in [3.63, 3.8) is 0 Å². The van der Waals surface area contributed by atoms with Gasteiger partial charge in [0.2, 0.25) is 0 Å². The Morgan fingerprint density at radius 1 is 1.38 bits per heavy atom. The van der Waals surface area contributed by atoms with Crippen LogP contribution in [0.1, 0.15) is 37.0 Å². The van der Waals surface area contributed by atoms with Gasteiger partial charge in [0.25, 0.3) is 0 Å². The predicted molar refractivity (Wildman–Crippen MR) is 84.6 cm³/mol. The molecule has 1 aliphatic rings. The average Bonchev–Trinajstić information content (AvgIpc) is 3.20. The van der Waals surface area contributed by atoms with Crippen molar-refractivity contribution in [2.75, 3.05) is 11.9 Å². The van der Waals surface area contributed by atoms with Crippen molar-refractivity contribution in [2.45, 2.75) is 26.7 Å². The summed E-state index contributed by atoms with van der Waals surface area (Å²) < 4.78 is 0.646. The van der Waals surface area contributed by atoms with E-state index in [1.165, 1.54) is 12.1 Å². The number of urea groups is 1. The number of amides is 2.